The van der Waals surface area contributed by atoms with Gasteiger partial charge in [0.2, 0.25) is 0 Å². The predicted molar refractivity (Wildman–Crippen MR) is 115 cm³/mol. The van der Waals surface area contributed by atoms with Crippen molar-refractivity contribution in [1.82, 2.24) is 4.98 Å². The Bertz CT molecular complexity index is 867. The first-order chi connectivity index (χ1) is 12.7. The van der Waals surface area contributed by atoms with Gasteiger partial charge in [0.1, 0.15) is 0 Å². The number of ketones is 1. The third-order valence-corrected chi connectivity index (χ3v) is 3.50. The van der Waals surface area contributed by atoms with Crippen LogP contribution in [0.15, 0.2) is 59.4 Å². The molecule has 1 aliphatic rings. The summed E-state index contributed by atoms with van der Waals surface area (Å²) in [6.07, 6.45) is 5.21. The van der Waals surface area contributed by atoms with E-state index in [1.165, 1.54) is 0 Å². The SMILES string of the molecule is C=CC1=C(/C=C\C)c2[nH]c(=O)c3ccccc3c2C1=O.CC.CC.CC. The van der Waals surface area contributed by atoms with E-state index in [1.807, 2.05) is 66.7 Å². The molecule has 1 aromatic carbocycles. The van der Waals surface area contributed by atoms with Gasteiger partial charge in [0.15, 0.2) is 5.78 Å². The first kappa shape index (κ1) is 23.3. The van der Waals surface area contributed by atoms with Crippen molar-refractivity contribution in [1.29, 1.82) is 0 Å². The molecule has 0 aliphatic heterocycles. The van der Waals surface area contributed by atoms with E-state index >= 15 is 0 Å². The van der Waals surface area contributed by atoms with Gasteiger partial charge in [-0.25, -0.2) is 0 Å². The highest BCUT2D eigenvalue weighted by Crippen LogP contribution is 2.35. The Balaban J connectivity index is 0.000000948. The summed E-state index contributed by atoms with van der Waals surface area (Å²) in [5.74, 6) is -0.0875. The molecule has 0 spiro atoms. The number of hydrogen-bond donors (Lipinski definition) is 1. The summed E-state index contributed by atoms with van der Waals surface area (Å²) in [5.41, 5.74) is 2.23. The number of allylic oxidation sites excluding steroid dienone is 5. The van der Waals surface area contributed by atoms with Gasteiger partial charge in [-0.3, -0.25) is 9.59 Å². The van der Waals surface area contributed by atoms with Crippen LogP contribution in [0.2, 0.25) is 0 Å². The van der Waals surface area contributed by atoms with Crippen molar-refractivity contribution in [3.63, 3.8) is 0 Å². The van der Waals surface area contributed by atoms with Crippen molar-refractivity contribution < 1.29 is 4.79 Å². The van der Waals surface area contributed by atoms with E-state index < -0.39 is 0 Å². The molecule has 0 atom stereocenters. The molecule has 26 heavy (non-hydrogen) atoms. The van der Waals surface area contributed by atoms with Gasteiger partial charge in [-0.05, 0) is 13.0 Å². The van der Waals surface area contributed by atoms with Crippen LogP contribution in [-0.4, -0.2) is 10.8 Å². The van der Waals surface area contributed by atoms with Crippen LogP contribution >= 0.6 is 0 Å². The van der Waals surface area contributed by atoms with Crippen LogP contribution in [0.3, 0.4) is 0 Å². The first-order valence-electron chi connectivity index (χ1n) is 9.38. The molecule has 1 aromatic heterocycles. The molecule has 1 aliphatic carbocycles. The lowest BCUT2D eigenvalue weighted by Crippen LogP contribution is -2.11. The second kappa shape index (κ2) is 11.8. The Hall–Kier alpha value is -2.68. The van der Waals surface area contributed by atoms with Gasteiger partial charge in [-0.2, -0.15) is 0 Å². The molecule has 0 saturated heterocycles. The zero-order valence-electron chi connectivity index (χ0n) is 17.1. The molecule has 1 heterocycles. The molecular formula is C23H31NO2. The molecule has 0 unspecified atom stereocenters. The molecule has 3 heteroatoms. The standard InChI is InChI=1S/C17H13NO2.3C2H6/c1-3-7-12-10(4-2)16(19)14-11-8-5-6-9-13(11)17(20)18-15(12)14;3*1-2/h3-9H,2H2,1H3,(H,18,20);3*1-2H3/b7-3-;;;. The maximum absolute atomic E-state index is 12.6. The molecule has 3 rings (SSSR count). The van der Waals surface area contributed by atoms with E-state index in [0.717, 1.165) is 5.57 Å². The second-order valence-electron chi connectivity index (χ2n) is 4.61. The third-order valence-electron chi connectivity index (χ3n) is 3.50. The minimum Gasteiger partial charge on any atom is -0.321 e. The summed E-state index contributed by atoms with van der Waals surface area (Å²) in [7, 11) is 0. The van der Waals surface area contributed by atoms with E-state index in [-0.39, 0.29) is 11.3 Å². The van der Waals surface area contributed by atoms with E-state index in [2.05, 4.69) is 11.6 Å². The Morgan fingerprint density at radius 1 is 0.885 bits per heavy atom. The van der Waals surface area contributed by atoms with Gasteiger partial charge >= 0.3 is 0 Å². The van der Waals surface area contributed by atoms with Crippen molar-refractivity contribution in [2.24, 2.45) is 0 Å². The molecule has 140 valence electrons. The number of hydrogen-bond acceptors (Lipinski definition) is 2. The molecule has 1 N–H and O–H groups in total. The topological polar surface area (TPSA) is 49.9 Å². The van der Waals surface area contributed by atoms with Crippen LogP contribution in [-0.2, 0) is 0 Å². The smallest absolute Gasteiger partial charge is 0.256 e. The summed E-state index contributed by atoms with van der Waals surface area (Å²) < 4.78 is 0. The molecule has 2 aromatic rings. The minimum atomic E-state index is -0.181. The molecule has 0 amide bonds. The summed E-state index contributed by atoms with van der Waals surface area (Å²) in [5, 5.41) is 1.22. The Labute approximate surface area is 157 Å². The lowest BCUT2D eigenvalue weighted by molar-refractivity contribution is 0.104. The Morgan fingerprint density at radius 3 is 1.92 bits per heavy atom. The minimum absolute atomic E-state index is 0.0875. The van der Waals surface area contributed by atoms with Crippen LogP contribution in [0.25, 0.3) is 16.3 Å². The molecule has 3 nitrogen and oxygen atoms in total. The zero-order chi connectivity index (χ0) is 20.3. The van der Waals surface area contributed by atoms with Crippen LogP contribution in [0.1, 0.15) is 64.5 Å². The number of carbonyl (C=O) groups is 1. The van der Waals surface area contributed by atoms with E-state index in [0.29, 0.717) is 27.6 Å². The monoisotopic (exact) mass is 353 g/mol. The van der Waals surface area contributed by atoms with Gasteiger partial charge in [-0.15, -0.1) is 0 Å². The number of benzene rings is 1. The number of H-pyrrole nitrogens is 1. The number of nitrogens with one attached hydrogen (secondary N) is 1. The number of aromatic amines is 1. The fourth-order valence-corrected chi connectivity index (χ4v) is 2.65. The van der Waals surface area contributed by atoms with Crippen molar-refractivity contribution in [2.75, 3.05) is 0 Å². The fourth-order valence-electron chi connectivity index (χ4n) is 2.65. The van der Waals surface area contributed by atoms with Crippen LogP contribution < -0.4 is 5.56 Å². The van der Waals surface area contributed by atoms with Crippen LogP contribution in [0, 0.1) is 0 Å². The zero-order valence-corrected chi connectivity index (χ0v) is 17.1. The highest BCUT2D eigenvalue weighted by molar-refractivity contribution is 6.27. The largest absolute Gasteiger partial charge is 0.321 e. The molecule has 0 bridgehead atoms. The highest BCUT2D eigenvalue weighted by atomic mass is 16.1. The number of pyridine rings is 1. The molecule has 0 fully saturated rings. The summed E-state index contributed by atoms with van der Waals surface area (Å²) in [6, 6.07) is 7.15. The molecular weight excluding hydrogens is 322 g/mol. The normalized spacial score (nSPS) is 11.7. The fraction of sp³-hybridized carbons (Fsp3) is 0.304. The first-order valence-corrected chi connectivity index (χ1v) is 9.38. The van der Waals surface area contributed by atoms with Crippen molar-refractivity contribution >= 4 is 22.1 Å². The highest BCUT2D eigenvalue weighted by Gasteiger charge is 2.29. The maximum atomic E-state index is 12.6. The lowest BCUT2D eigenvalue weighted by Gasteiger charge is -2.05. The third kappa shape index (κ3) is 4.29. The number of rotatable bonds is 2. The number of fused-ring (bicyclic) bond motifs is 3. The summed E-state index contributed by atoms with van der Waals surface area (Å²) >= 11 is 0. The number of carbonyl (C=O) groups excluding carboxylic acids is 1. The number of Topliss-reactive ketones (excluding diaryl/α,β-unsaturated/α-hetero) is 1. The van der Waals surface area contributed by atoms with E-state index in [1.54, 1.807) is 24.3 Å². The van der Waals surface area contributed by atoms with Gasteiger partial charge in [-0.1, -0.05) is 84.5 Å². The summed E-state index contributed by atoms with van der Waals surface area (Å²) in [4.78, 5) is 27.5. The number of aromatic nitrogens is 1. The molecule has 0 saturated carbocycles. The Morgan fingerprint density at radius 2 is 1.42 bits per heavy atom. The average molecular weight is 354 g/mol. The maximum Gasteiger partial charge on any atom is 0.256 e. The van der Waals surface area contributed by atoms with E-state index in [4.69, 9.17) is 0 Å². The van der Waals surface area contributed by atoms with E-state index in [9.17, 15) is 9.59 Å². The Kier molecular flexibility index (Phi) is 10.6. The van der Waals surface area contributed by atoms with Crippen LogP contribution in [0.4, 0.5) is 0 Å². The summed E-state index contributed by atoms with van der Waals surface area (Å²) in [6.45, 7) is 17.6. The molecule has 0 radical (unpaired) electrons. The van der Waals surface area contributed by atoms with Gasteiger partial charge in [0.05, 0.1) is 11.3 Å². The van der Waals surface area contributed by atoms with Gasteiger partial charge in [0, 0.05) is 21.9 Å². The van der Waals surface area contributed by atoms with Gasteiger partial charge in [0.25, 0.3) is 5.56 Å². The predicted octanol–water partition coefficient (Wildman–Crippen LogP) is 6.32. The van der Waals surface area contributed by atoms with Crippen molar-refractivity contribution in [3.8, 4) is 0 Å². The van der Waals surface area contributed by atoms with Gasteiger partial charge < -0.3 is 4.98 Å². The van der Waals surface area contributed by atoms with Crippen LogP contribution in [0.5, 0.6) is 0 Å². The van der Waals surface area contributed by atoms with Crippen molar-refractivity contribution in [2.45, 2.75) is 48.5 Å². The van der Waals surface area contributed by atoms with Crippen molar-refractivity contribution in [3.05, 3.63) is 76.3 Å². The average Bonchev–Trinajstić information content (AvgIpc) is 2.98. The lowest BCUT2D eigenvalue weighted by atomic mass is 10.0. The quantitative estimate of drug-likeness (QED) is 0.687. The second-order valence-corrected chi connectivity index (χ2v) is 4.61.